The van der Waals surface area contributed by atoms with Gasteiger partial charge in [-0.05, 0) is 98.2 Å². The highest BCUT2D eigenvalue weighted by Gasteiger charge is 2.18. The van der Waals surface area contributed by atoms with E-state index in [1.807, 2.05) is 91.0 Å². The molecule has 0 bridgehead atoms. The third-order valence-corrected chi connectivity index (χ3v) is 9.64. The summed E-state index contributed by atoms with van der Waals surface area (Å²) in [4.78, 5) is 2.15. The quantitative estimate of drug-likeness (QED) is 0.164. The fourth-order valence-corrected chi connectivity index (χ4v) is 7.01. The number of nitrogens with zero attached hydrogens (tertiary/aromatic N) is 1. The zero-order chi connectivity index (χ0) is 46.3. The van der Waals surface area contributed by atoms with E-state index >= 15 is 0 Å². The van der Waals surface area contributed by atoms with Gasteiger partial charge in [0, 0.05) is 27.7 Å². The van der Waals surface area contributed by atoms with E-state index in [9.17, 15) is 1.37 Å². The van der Waals surface area contributed by atoms with Crippen molar-refractivity contribution in [3.8, 4) is 44.5 Å². The molecule has 0 atom stereocenters. The summed E-state index contributed by atoms with van der Waals surface area (Å²) in [5, 5.41) is 0.830. The number of hydrogen-bond donors (Lipinski definition) is 0. The van der Waals surface area contributed by atoms with Crippen molar-refractivity contribution < 1.29 is 20.9 Å². The summed E-state index contributed by atoms with van der Waals surface area (Å²) in [6, 6.07) is 40.9. The number of hydrogen-bond acceptors (Lipinski definition) is 2. The van der Waals surface area contributed by atoms with Gasteiger partial charge < -0.3 is 9.32 Å². The van der Waals surface area contributed by atoms with Crippen LogP contribution in [0, 0.1) is 0 Å². The van der Waals surface area contributed by atoms with Crippen LogP contribution in [0.4, 0.5) is 17.1 Å². The Morgan fingerprint density at radius 3 is 1.69 bits per heavy atom. The maximum Gasteiger partial charge on any atom is 0.136 e. The lowest BCUT2D eigenvalue weighted by molar-refractivity contribution is 0.669. The van der Waals surface area contributed by atoms with Gasteiger partial charge in [0.1, 0.15) is 11.2 Å². The molecule has 1 heterocycles. The second-order valence-electron chi connectivity index (χ2n) is 12.8. The average molecular weight is 702 g/mol. The van der Waals surface area contributed by atoms with Crippen LogP contribution in [0.1, 0.15) is 16.4 Å². The van der Waals surface area contributed by atoms with Gasteiger partial charge in [-0.25, -0.2) is 0 Å². The Morgan fingerprint density at radius 1 is 0.389 bits per heavy atom. The first-order chi connectivity index (χ1) is 31.8. The van der Waals surface area contributed by atoms with Crippen LogP contribution in [-0.4, -0.2) is 0 Å². The Labute approximate surface area is 331 Å². The van der Waals surface area contributed by atoms with E-state index in [0.29, 0.717) is 22.1 Å². The third kappa shape index (κ3) is 5.71. The Balaban J connectivity index is 1.07. The first-order valence-corrected chi connectivity index (χ1v) is 17.4. The van der Waals surface area contributed by atoms with Gasteiger partial charge in [-0.2, -0.15) is 0 Å². The highest BCUT2D eigenvalue weighted by molar-refractivity contribution is 6.19. The molecule has 10 rings (SSSR count). The van der Waals surface area contributed by atoms with Gasteiger partial charge in [0.05, 0.1) is 22.1 Å². The van der Waals surface area contributed by atoms with E-state index in [1.54, 1.807) is 24.3 Å². The smallest absolute Gasteiger partial charge is 0.136 e. The molecule has 0 aliphatic rings. The van der Waals surface area contributed by atoms with E-state index in [0.717, 1.165) is 39.3 Å². The molecule has 0 aliphatic heterocycles. The van der Waals surface area contributed by atoms with Crippen LogP contribution in [0.15, 0.2) is 216 Å². The lowest BCUT2D eigenvalue weighted by Crippen LogP contribution is -2.11. The Morgan fingerprint density at radius 2 is 0.963 bits per heavy atom. The number of para-hydroxylation sites is 2. The molecule has 0 fully saturated rings. The van der Waals surface area contributed by atoms with E-state index in [4.69, 9.17) is 19.5 Å². The van der Waals surface area contributed by atoms with Gasteiger partial charge in [0.25, 0.3) is 0 Å². The zero-order valence-corrected chi connectivity index (χ0v) is 28.6. The monoisotopic (exact) mass is 701 g/mol. The van der Waals surface area contributed by atoms with Crippen LogP contribution >= 0.6 is 0 Å². The van der Waals surface area contributed by atoms with Gasteiger partial charge in [-0.1, -0.05) is 164 Å². The number of anilines is 3. The minimum Gasteiger partial charge on any atom is -0.456 e. The van der Waals surface area contributed by atoms with Crippen molar-refractivity contribution in [1.29, 1.82) is 0 Å². The van der Waals surface area contributed by atoms with Crippen LogP contribution in [0.25, 0.3) is 77.2 Å². The predicted molar refractivity (Wildman–Crippen MR) is 228 cm³/mol. The largest absolute Gasteiger partial charge is 0.456 e. The lowest BCUT2D eigenvalue weighted by Gasteiger charge is -2.28. The average Bonchev–Trinajstić information content (AvgIpc) is 3.75. The summed E-state index contributed by atoms with van der Waals surface area (Å²) in [5.74, 6) is 0. The molecule has 0 radical (unpaired) electrons. The summed E-state index contributed by atoms with van der Waals surface area (Å²) in [7, 11) is 0. The van der Waals surface area contributed by atoms with Crippen molar-refractivity contribution in [2.75, 3.05) is 4.90 Å². The second kappa shape index (κ2) is 13.4. The molecule has 0 spiro atoms. The van der Waals surface area contributed by atoms with Crippen LogP contribution < -0.4 is 4.90 Å². The molecular weight excluding hydrogens is 655 g/mol. The summed E-state index contributed by atoms with van der Waals surface area (Å²) in [5.41, 5.74) is 8.04. The molecule has 0 aliphatic carbocycles. The Hall–Kier alpha value is -7.16. The molecule has 0 saturated carbocycles. The van der Waals surface area contributed by atoms with E-state index in [2.05, 4.69) is 29.2 Å². The standard InChI is InChI=1S/C52H35NO/c1-3-11-36(12-4-1)37-19-21-38(22-20-37)39-25-30-44(31-26-39)53(49-17-9-7-15-46(49)41-13-5-2-6-14-41)45-32-27-40(28-33-45)43-24-23-42-29-34-51-52(48(42)35-43)47-16-8-10-18-50(47)54-51/h1-35H/i1D,3D,4D,8D,10D,11D,12D,16D,18D,29D,34D,35D. The van der Waals surface area contributed by atoms with Crippen molar-refractivity contribution in [3.63, 3.8) is 0 Å². The summed E-state index contributed by atoms with van der Waals surface area (Å²) in [6.45, 7) is 0. The van der Waals surface area contributed by atoms with Gasteiger partial charge >= 0.3 is 0 Å². The van der Waals surface area contributed by atoms with Gasteiger partial charge in [-0.15, -0.1) is 0 Å². The highest BCUT2D eigenvalue weighted by Crippen LogP contribution is 2.42. The van der Waals surface area contributed by atoms with Gasteiger partial charge in [0.2, 0.25) is 0 Å². The number of furan rings is 1. The summed E-state index contributed by atoms with van der Waals surface area (Å²) >= 11 is 0. The van der Waals surface area contributed by atoms with Crippen molar-refractivity contribution >= 4 is 49.8 Å². The SMILES string of the molecule is [2H]c1c([2H])c([2H])c(-c2ccc(-c3ccc(N(c4ccc(-c5ccc6c([2H])c([2H])c7oc8c([2H])c([2H])c([2H])c([2H])c8c7c6c5[2H])cc4)c4ccccc4-c4ccccc4)cc3)cc2)c([2H])c1[2H]. The highest BCUT2D eigenvalue weighted by atomic mass is 16.3. The van der Waals surface area contributed by atoms with Crippen LogP contribution in [0.5, 0.6) is 0 Å². The first kappa shape index (κ1) is 21.4. The van der Waals surface area contributed by atoms with Gasteiger partial charge in [-0.3, -0.25) is 0 Å². The molecule has 1 aromatic heterocycles. The molecule has 0 saturated heterocycles. The molecule has 2 nitrogen and oxygen atoms in total. The Kier molecular flexibility index (Phi) is 5.32. The summed E-state index contributed by atoms with van der Waals surface area (Å²) in [6.07, 6.45) is 0. The van der Waals surface area contributed by atoms with E-state index in [-0.39, 0.29) is 81.2 Å². The number of benzene rings is 9. The molecule has 10 aromatic rings. The molecular formula is C52H35NO. The molecule has 2 heteroatoms. The maximum atomic E-state index is 9.55. The Bertz CT molecular complexity index is 3560. The minimum absolute atomic E-state index is 0.0251. The fourth-order valence-electron chi connectivity index (χ4n) is 7.01. The number of fused-ring (bicyclic) bond motifs is 5. The number of rotatable bonds is 7. The van der Waals surface area contributed by atoms with Crippen molar-refractivity contribution in [3.05, 3.63) is 212 Å². The molecule has 254 valence electrons. The zero-order valence-electron chi connectivity index (χ0n) is 40.6. The lowest BCUT2D eigenvalue weighted by atomic mass is 9.97. The molecule has 0 N–H and O–H groups in total. The van der Waals surface area contributed by atoms with Crippen molar-refractivity contribution in [2.45, 2.75) is 0 Å². The fraction of sp³-hybridized carbons (Fsp3) is 0. The maximum absolute atomic E-state index is 9.55. The van der Waals surface area contributed by atoms with Crippen LogP contribution in [0.2, 0.25) is 0 Å². The van der Waals surface area contributed by atoms with Crippen molar-refractivity contribution in [1.82, 2.24) is 0 Å². The normalized spacial score (nSPS) is 14.4. The van der Waals surface area contributed by atoms with E-state index < -0.39 is 24.2 Å². The minimum atomic E-state index is -0.473. The molecule has 54 heavy (non-hydrogen) atoms. The third-order valence-electron chi connectivity index (χ3n) is 9.64. The molecule has 9 aromatic carbocycles. The summed E-state index contributed by atoms with van der Waals surface area (Å²) < 4.78 is 108. The topological polar surface area (TPSA) is 16.4 Å². The predicted octanol–water partition coefficient (Wildman–Crippen LogP) is 14.9. The molecule has 0 unspecified atom stereocenters. The van der Waals surface area contributed by atoms with Crippen LogP contribution in [-0.2, 0) is 0 Å². The van der Waals surface area contributed by atoms with Crippen LogP contribution in [0.3, 0.4) is 0 Å². The molecule has 0 amide bonds. The van der Waals surface area contributed by atoms with Crippen molar-refractivity contribution in [2.24, 2.45) is 0 Å². The van der Waals surface area contributed by atoms with E-state index in [1.165, 1.54) is 0 Å². The van der Waals surface area contributed by atoms with Gasteiger partial charge in [0.15, 0.2) is 0 Å². The second-order valence-corrected chi connectivity index (χ2v) is 12.8. The first-order valence-electron chi connectivity index (χ1n) is 23.4.